The van der Waals surface area contributed by atoms with Crippen molar-refractivity contribution in [3.63, 3.8) is 0 Å². The van der Waals surface area contributed by atoms with Gasteiger partial charge in [0.05, 0.1) is 12.2 Å². The van der Waals surface area contributed by atoms with Crippen molar-refractivity contribution in [3.8, 4) is 0 Å². The first kappa shape index (κ1) is 11.0. The third-order valence-electron chi connectivity index (χ3n) is 2.68. The maximum absolute atomic E-state index is 5.50. The van der Waals surface area contributed by atoms with E-state index in [-0.39, 0.29) is 6.04 Å². The Morgan fingerprint density at radius 2 is 2.25 bits per heavy atom. The molecule has 16 heavy (non-hydrogen) atoms. The minimum absolute atomic E-state index is 0.262. The van der Waals surface area contributed by atoms with Gasteiger partial charge in [0.25, 0.3) is 0 Å². The average molecular weight is 219 g/mol. The van der Waals surface area contributed by atoms with Crippen LogP contribution in [0.25, 0.3) is 0 Å². The van der Waals surface area contributed by atoms with Crippen LogP contribution in [0.1, 0.15) is 30.2 Å². The molecule has 1 atom stereocenters. The van der Waals surface area contributed by atoms with E-state index >= 15 is 0 Å². The van der Waals surface area contributed by atoms with Crippen LogP contribution in [0.2, 0.25) is 0 Å². The zero-order chi connectivity index (χ0) is 11.5. The van der Waals surface area contributed by atoms with E-state index in [2.05, 4.69) is 17.3 Å². The molecule has 0 bridgehead atoms. The van der Waals surface area contributed by atoms with Crippen molar-refractivity contribution in [2.24, 2.45) is 7.05 Å². The molecule has 2 aromatic rings. The second-order valence-electron chi connectivity index (χ2n) is 3.99. The van der Waals surface area contributed by atoms with E-state index in [1.807, 2.05) is 43.0 Å². The third-order valence-corrected chi connectivity index (χ3v) is 2.68. The van der Waals surface area contributed by atoms with Crippen LogP contribution in [0.5, 0.6) is 0 Å². The first-order valence-electron chi connectivity index (χ1n) is 5.43. The Hall–Kier alpha value is -1.55. The standard InChI is InChI=1S/C12H17N3O/c1-9-4-5-11(16-9)8-13-10(2)12-6-7-14-15(12)3/h4-7,10,13H,8H2,1-3H3. The maximum Gasteiger partial charge on any atom is 0.117 e. The monoisotopic (exact) mass is 219 g/mol. The molecule has 2 rings (SSSR count). The molecule has 0 amide bonds. The molecule has 0 aliphatic rings. The summed E-state index contributed by atoms with van der Waals surface area (Å²) >= 11 is 0. The van der Waals surface area contributed by atoms with Crippen LogP contribution in [-0.4, -0.2) is 9.78 Å². The van der Waals surface area contributed by atoms with E-state index in [9.17, 15) is 0 Å². The molecule has 4 heteroatoms. The Balaban J connectivity index is 1.93. The van der Waals surface area contributed by atoms with Gasteiger partial charge in [0.2, 0.25) is 0 Å². The van der Waals surface area contributed by atoms with Crippen LogP contribution in [0.3, 0.4) is 0 Å². The Labute approximate surface area is 95.3 Å². The lowest BCUT2D eigenvalue weighted by molar-refractivity contribution is 0.436. The molecule has 0 fully saturated rings. The SMILES string of the molecule is Cc1ccc(CNC(C)c2ccnn2C)o1. The van der Waals surface area contributed by atoms with Crippen molar-refractivity contribution in [1.29, 1.82) is 0 Å². The van der Waals surface area contributed by atoms with Crippen molar-refractivity contribution >= 4 is 0 Å². The van der Waals surface area contributed by atoms with Crippen LogP contribution in [0.15, 0.2) is 28.8 Å². The van der Waals surface area contributed by atoms with Crippen molar-refractivity contribution < 1.29 is 4.42 Å². The zero-order valence-corrected chi connectivity index (χ0v) is 9.90. The van der Waals surface area contributed by atoms with Gasteiger partial charge >= 0.3 is 0 Å². The molecule has 0 aliphatic heterocycles. The second-order valence-corrected chi connectivity index (χ2v) is 3.99. The van der Waals surface area contributed by atoms with Gasteiger partial charge in [0, 0.05) is 19.3 Å². The number of furan rings is 1. The quantitative estimate of drug-likeness (QED) is 0.857. The smallest absolute Gasteiger partial charge is 0.117 e. The van der Waals surface area contributed by atoms with Gasteiger partial charge in [0.1, 0.15) is 11.5 Å². The number of nitrogens with one attached hydrogen (secondary N) is 1. The minimum atomic E-state index is 0.262. The van der Waals surface area contributed by atoms with Gasteiger partial charge in [-0.05, 0) is 32.0 Å². The van der Waals surface area contributed by atoms with Crippen molar-refractivity contribution in [3.05, 3.63) is 41.6 Å². The van der Waals surface area contributed by atoms with E-state index in [1.165, 1.54) is 5.69 Å². The van der Waals surface area contributed by atoms with Crippen molar-refractivity contribution in [2.75, 3.05) is 0 Å². The van der Waals surface area contributed by atoms with Gasteiger partial charge in [-0.25, -0.2) is 0 Å². The fourth-order valence-electron chi connectivity index (χ4n) is 1.75. The molecule has 0 saturated carbocycles. The van der Waals surface area contributed by atoms with Crippen LogP contribution in [0.4, 0.5) is 0 Å². The van der Waals surface area contributed by atoms with Crippen LogP contribution in [0, 0.1) is 6.92 Å². The summed E-state index contributed by atoms with van der Waals surface area (Å²) in [5, 5.41) is 7.55. The molecule has 0 aliphatic carbocycles. The Morgan fingerprint density at radius 1 is 1.44 bits per heavy atom. The number of aryl methyl sites for hydroxylation is 2. The molecule has 0 saturated heterocycles. The van der Waals surface area contributed by atoms with Crippen LogP contribution in [-0.2, 0) is 13.6 Å². The fraction of sp³-hybridized carbons (Fsp3) is 0.417. The minimum Gasteiger partial charge on any atom is -0.465 e. The van der Waals surface area contributed by atoms with Gasteiger partial charge < -0.3 is 9.73 Å². The van der Waals surface area contributed by atoms with E-state index in [4.69, 9.17) is 4.42 Å². The predicted octanol–water partition coefficient (Wildman–Crippen LogP) is 2.17. The predicted molar refractivity (Wildman–Crippen MR) is 61.9 cm³/mol. The summed E-state index contributed by atoms with van der Waals surface area (Å²) in [6.07, 6.45) is 1.81. The lowest BCUT2D eigenvalue weighted by atomic mass is 10.2. The first-order valence-corrected chi connectivity index (χ1v) is 5.43. The Kier molecular flexibility index (Phi) is 3.10. The first-order chi connectivity index (χ1) is 7.66. The van der Waals surface area contributed by atoms with E-state index in [0.717, 1.165) is 18.1 Å². The summed E-state index contributed by atoms with van der Waals surface area (Å²) in [6, 6.07) is 6.26. The normalized spacial score (nSPS) is 12.9. The van der Waals surface area contributed by atoms with Gasteiger partial charge in [-0.2, -0.15) is 5.10 Å². The summed E-state index contributed by atoms with van der Waals surface area (Å²) in [5.41, 5.74) is 1.17. The largest absolute Gasteiger partial charge is 0.465 e. The van der Waals surface area contributed by atoms with E-state index in [0.29, 0.717) is 0 Å². The summed E-state index contributed by atoms with van der Waals surface area (Å²) < 4.78 is 7.38. The van der Waals surface area contributed by atoms with Crippen LogP contribution >= 0.6 is 0 Å². The Bertz CT molecular complexity index is 458. The molecule has 1 N–H and O–H groups in total. The van der Waals surface area contributed by atoms with E-state index < -0.39 is 0 Å². The molecule has 86 valence electrons. The van der Waals surface area contributed by atoms with Crippen molar-refractivity contribution in [2.45, 2.75) is 26.4 Å². The molecule has 2 aromatic heterocycles. The summed E-state index contributed by atoms with van der Waals surface area (Å²) in [5.74, 6) is 1.91. The fourth-order valence-corrected chi connectivity index (χ4v) is 1.75. The number of aromatic nitrogens is 2. The lowest BCUT2D eigenvalue weighted by Gasteiger charge is -2.12. The van der Waals surface area contributed by atoms with Gasteiger partial charge in [0.15, 0.2) is 0 Å². The highest BCUT2D eigenvalue weighted by Gasteiger charge is 2.09. The van der Waals surface area contributed by atoms with E-state index in [1.54, 1.807) is 0 Å². The summed E-state index contributed by atoms with van der Waals surface area (Å²) in [6.45, 7) is 4.81. The third kappa shape index (κ3) is 2.33. The maximum atomic E-state index is 5.50. The van der Waals surface area contributed by atoms with Gasteiger partial charge in [-0.3, -0.25) is 4.68 Å². The molecular formula is C12H17N3O. The average Bonchev–Trinajstić information content (AvgIpc) is 2.84. The van der Waals surface area contributed by atoms with Crippen molar-refractivity contribution in [1.82, 2.24) is 15.1 Å². The highest BCUT2D eigenvalue weighted by molar-refractivity contribution is 5.08. The Morgan fingerprint density at radius 3 is 2.81 bits per heavy atom. The lowest BCUT2D eigenvalue weighted by Crippen LogP contribution is -2.20. The van der Waals surface area contributed by atoms with Gasteiger partial charge in [-0.1, -0.05) is 0 Å². The molecule has 0 aromatic carbocycles. The second kappa shape index (κ2) is 4.53. The molecule has 4 nitrogen and oxygen atoms in total. The van der Waals surface area contributed by atoms with Gasteiger partial charge in [-0.15, -0.1) is 0 Å². The molecule has 0 spiro atoms. The molecule has 0 radical (unpaired) electrons. The summed E-state index contributed by atoms with van der Waals surface area (Å²) in [4.78, 5) is 0. The molecule has 2 heterocycles. The number of hydrogen-bond acceptors (Lipinski definition) is 3. The highest BCUT2D eigenvalue weighted by Crippen LogP contribution is 2.12. The number of rotatable bonds is 4. The number of nitrogens with zero attached hydrogens (tertiary/aromatic N) is 2. The molecular weight excluding hydrogens is 202 g/mol. The summed E-state index contributed by atoms with van der Waals surface area (Å²) in [7, 11) is 1.95. The number of hydrogen-bond donors (Lipinski definition) is 1. The van der Waals surface area contributed by atoms with Crippen LogP contribution < -0.4 is 5.32 Å². The molecule has 1 unspecified atom stereocenters. The zero-order valence-electron chi connectivity index (χ0n) is 9.90. The highest BCUT2D eigenvalue weighted by atomic mass is 16.3. The topological polar surface area (TPSA) is 43.0 Å².